The summed E-state index contributed by atoms with van der Waals surface area (Å²) in [6.07, 6.45) is 3.81. The van der Waals surface area contributed by atoms with Crippen molar-refractivity contribution in [2.45, 2.75) is 51.6 Å². The van der Waals surface area contributed by atoms with Crippen molar-refractivity contribution in [2.75, 3.05) is 6.54 Å². The van der Waals surface area contributed by atoms with Crippen LogP contribution in [-0.4, -0.2) is 29.4 Å². The molecule has 1 aromatic rings. The number of piperidine rings is 1. The smallest absolute Gasteiger partial charge is 0.227 e. The minimum atomic E-state index is 0.0572. The summed E-state index contributed by atoms with van der Waals surface area (Å²) >= 11 is 0. The zero-order valence-electron chi connectivity index (χ0n) is 11.9. The summed E-state index contributed by atoms with van der Waals surface area (Å²) in [5, 5.41) is 0. The van der Waals surface area contributed by atoms with Gasteiger partial charge in [0.05, 0.1) is 6.42 Å². The molecule has 0 saturated carbocycles. The Kier molecular flexibility index (Phi) is 4.59. The molecule has 0 aliphatic carbocycles. The highest BCUT2D eigenvalue weighted by molar-refractivity contribution is 5.79. The highest BCUT2D eigenvalue weighted by Crippen LogP contribution is 2.20. The standard InChI is InChI=1S/C16H24N2O/c1-12-6-5-7-14(10-12)11-16(19)18-9-4-3-8-15(18)13(2)17/h5-7,10,13,15H,3-4,8-9,11,17H2,1-2H3/t13-,15-/m0/s1. The summed E-state index contributed by atoms with van der Waals surface area (Å²) in [6.45, 7) is 4.92. The Hall–Kier alpha value is -1.35. The van der Waals surface area contributed by atoms with Gasteiger partial charge < -0.3 is 10.6 Å². The number of nitrogens with two attached hydrogens (primary N) is 1. The number of likely N-dealkylation sites (tertiary alicyclic amines) is 1. The number of carbonyl (C=O) groups excluding carboxylic acids is 1. The maximum Gasteiger partial charge on any atom is 0.227 e. The van der Waals surface area contributed by atoms with Crippen LogP contribution in [0.1, 0.15) is 37.3 Å². The first-order valence-electron chi connectivity index (χ1n) is 7.18. The molecule has 1 fully saturated rings. The van der Waals surface area contributed by atoms with Crippen molar-refractivity contribution in [2.24, 2.45) is 5.73 Å². The fraction of sp³-hybridized carbons (Fsp3) is 0.562. The highest BCUT2D eigenvalue weighted by atomic mass is 16.2. The lowest BCUT2D eigenvalue weighted by Gasteiger charge is -2.38. The second-order valence-corrected chi connectivity index (χ2v) is 5.68. The zero-order chi connectivity index (χ0) is 13.8. The van der Waals surface area contributed by atoms with Crippen molar-refractivity contribution in [1.29, 1.82) is 0 Å². The Bertz CT molecular complexity index is 442. The highest BCUT2D eigenvalue weighted by Gasteiger charge is 2.28. The topological polar surface area (TPSA) is 46.3 Å². The quantitative estimate of drug-likeness (QED) is 0.906. The van der Waals surface area contributed by atoms with Gasteiger partial charge in [0.1, 0.15) is 0 Å². The number of amides is 1. The van der Waals surface area contributed by atoms with Crippen molar-refractivity contribution in [3.8, 4) is 0 Å². The van der Waals surface area contributed by atoms with Gasteiger partial charge in [-0.25, -0.2) is 0 Å². The summed E-state index contributed by atoms with van der Waals surface area (Å²) in [6, 6.07) is 8.45. The van der Waals surface area contributed by atoms with Gasteiger partial charge in [0.25, 0.3) is 0 Å². The van der Waals surface area contributed by atoms with Gasteiger partial charge in [-0.15, -0.1) is 0 Å². The van der Waals surface area contributed by atoms with Crippen LogP contribution in [0.3, 0.4) is 0 Å². The number of hydrogen-bond acceptors (Lipinski definition) is 2. The molecule has 3 nitrogen and oxygen atoms in total. The van der Waals surface area contributed by atoms with E-state index >= 15 is 0 Å². The first kappa shape index (κ1) is 14.1. The molecule has 2 atom stereocenters. The molecule has 1 aromatic carbocycles. The molecular formula is C16H24N2O. The molecule has 1 aliphatic heterocycles. The predicted molar refractivity (Wildman–Crippen MR) is 77.9 cm³/mol. The first-order valence-corrected chi connectivity index (χ1v) is 7.18. The van der Waals surface area contributed by atoms with Crippen LogP contribution in [0, 0.1) is 6.92 Å². The van der Waals surface area contributed by atoms with Gasteiger partial charge in [-0.3, -0.25) is 4.79 Å². The summed E-state index contributed by atoms with van der Waals surface area (Å²) in [4.78, 5) is 14.5. The van der Waals surface area contributed by atoms with Gasteiger partial charge in [-0.1, -0.05) is 29.8 Å². The van der Waals surface area contributed by atoms with Crippen molar-refractivity contribution < 1.29 is 4.79 Å². The minimum Gasteiger partial charge on any atom is -0.338 e. The van der Waals surface area contributed by atoms with Crippen molar-refractivity contribution >= 4 is 5.91 Å². The van der Waals surface area contributed by atoms with Gasteiger partial charge in [-0.05, 0) is 38.7 Å². The average Bonchev–Trinajstić information content (AvgIpc) is 2.38. The number of rotatable bonds is 3. The molecule has 19 heavy (non-hydrogen) atoms. The molecule has 3 heteroatoms. The molecule has 0 radical (unpaired) electrons. The predicted octanol–water partition coefficient (Wildman–Crippen LogP) is 2.27. The van der Waals surface area contributed by atoms with E-state index in [1.165, 1.54) is 12.0 Å². The van der Waals surface area contributed by atoms with E-state index in [4.69, 9.17) is 5.73 Å². The first-order chi connectivity index (χ1) is 9.08. The maximum atomic E-state index is 12.5. The molecule has 0 unspecified atom stereocenters. The van der Waals surface area contributed by atoms with Crippen molar-refractivity contribution in [3.05, 3.63) is 35.4 Å². The average molecular weight is 260 g/mol. The lowest BCUT2D eigenvalue weighted by molar-refractivity contribution is -0.134. The van der Waals surface area contributed by atoms with E-state index in [9.17, 15) is 4.79 Å². The van der Waals surface area contributed by atoms with E-state index in [1.807, 2.05) is 24.0 Å². The monoisotopic (exact) mass is 260 g/mol. The Morgan fingerprint density at radius 2 is 2.26 bits per heavy atom. The van der Waals surface area contributed by atoms with E-state index in [0.29, 0.717) is 6.42 Å². The lowest BCUT2D eigenvalue weighted by Crippen LogP contribution is -2.52. The zero-order valence-corrected chi connectivity index (χ0v) is 11.9. The number of aryl methyl sites for hydroxylation is 1. The molecule has 1 heterocycles. The van der Waals surface area contributed by atoms with Crippen LogP contribution in [0.15, 0.2) is 24.3 Å². The number of hydrogen-bond donors (Lipinski definition) is 1. The van der Waals surface area contributed by atoms with Crippen LogP contribution in [0.4, 0.5) is 0 Å². The lowest BCUT2D eigenvalue weighted by atomic mass is 9.96. The third kappa shape index (κ3) is 3.57. The van der Waals surface area contributed by atoms with Crippen molar-refractivity contribution in [1.82, 2.24) is 4.90 Å². The Balaban J connectivity index is 2.05. The van der Waals surface area contributed by atoms with Crippen LogP contribution in [0.5, 0.6) is 0 Å². The Labute approximate surface area is 115 Å². The van der Waals surface area contributed by atoms with E-state index in [2.05, 4.69) is 19.1 Å². The second-order valence-electron chi connectivity index (χ2n) is 5.68. The second kappa shape index (κ2) is 6.20. The SMILES string of the molecule is Cc1cccc(CC(=O)N2CCCC[C@H]2[C@H](C)N)c1. The molecule has 0 spiro atoms. The number of benzene rings is 1. The van der Waals surface area contributed by atoms with E-state index in [1.54, 1.807) is 0 Å². The summed E-state index contributed by atoms with van der Waals surface area (Å²) in [5.74, 6) is 0.215. The fourth-order valence-corrected chi connectivity index (χ4v) is 2.91. The molecule has 2 N–H and O–H groups in total. The molecule has 104 valence electrons. The van der Waals surface area contributed by atoms with Crippen molar-refractivity contribution in [3.63, 3.8) is 0 Å². The van der Waals surface area contributed by atoms with Gasteiger partial charge in [0.15, 0.2) is 0 Å². The molecular weight excluding hydrogens is 236 g/mol. The maximum absolute atomic E-state index is 12.5. The third-order valence-electron chi connectivity index (χ3n) is 3.91. The van der Waals surface area contributed by atoms with Gasteiger partial charge in [0.2, 0.25) is 5.91 Å². The largest absolute Gasteiger partial charge is 0.338 e. The number of carbonyl (C=O) groups is 1. The van der Waals surface area contributed by atoms with Crippen LogP contribution >= 0.6 is 0 Å². The van der Waals surface area contributed by atoms with Crippen LogP contribution < -0.4 is 5.73 Å². The molecule has 2 rings (SSSR count). The molecule has 1 saturated heterocycles. The molecule has 0 aromatic heterocycles. The van der Waals surface area contributed by atoms with E-state index in [-0.39, 0.29) is 18.0 Å². The van der Waals surface area contributed by atoms with Crippen LogP contribution in [0.25, 0.3) is 0 Å². The fourth-order valence-electron chi connectivity index (χ4n) is 2.91. The van der Waals surface area contributed by atoms with Gasteiger partial charge >= 0.3 is 0 Å². The van der Waals surface area contributed by atoms with Crippen LogP contribution in [0.2, 0.25) is 0 Å². The van der Waals surface area contributed by atoms with Gasteiger partial charge in [-0.2, -0.15) is 0 Å². The summed E-state index contributed by atoms with van der Waals surface area (Å²) < 4.78 is 0. The minimum absolute atomic E-state index is 0.0572. The van der Waals surface area contributed by atoms with E-state index < -0.39 is 0 Å². The van der Waals surface area contributed by atoms with E-state index in [0.717, 1.165) is 24.9 Å². The normalized spacial score (nSPS) is 21.2. The summed E-state index contributed by atoms with van der Waals surface area (Å²) in [5.41, 5.74) is 8.32. The van der Waals surface area contributed by atoms with Crippen LogP contribution in [-0.2, 0) is 11.2 Å². The Morgan fingerprint density at radius 3 is 2.95 bits per heavy atom. The molecule has 1 amide bonds. The third-order valence-corrected chi connectivity index (χ3v) is 3.91. The molecule has 1 aliphatic rings. The Morgan fingerprint density at radius 1 is 1.47 bits per heavy atom. The summed E-state index contributed by atoms with van der Waals surface area (Å²) in [7, 11) is 0. The molecule has 0 bridgehead atoms. The number of nitrogens with zero attached hydrogens (tertiary/aromatic N) is 1. The van der Waals surface area contributed by atoms with Gasteiger partial charge in [0, 0.05) is 18.6 Å².